The Morgan fingerprint density at radius 1 is 1.30 bits per heavy atom. The van der Waals surface area contributed by atoms with Gasteiger partial charge in [-0.3, -0.25) is 0 Å². The van der Waals surface area contributed by atoms with Gasteiger partial charge in [-0.05, 0) is 31.0 Å². The fourth-order valence-corrected chi connectivity index (χ4v) is 6.87. The van der Waals surface area contributed by atoms with E-state index in [-0.39, 0.29) is 16.8 Å². The lowest BCUT2D eigenvalue weighted by Gasteiger charge is -2.09. The number of hydrogen-bond donors (Lipinski definition) is 2. The molecule has 2 atom stereocenters. The zero-order valence-corrected chi connectivity index (χ0v) is 15.1. The molecule has 2 heterocycles. The maximum atomic E-state index is 11.5. The smallest absolute Gasteiger partial charge is 0.210 e. The minimum absolute atomic E-state index is 0.0157. The fraction of sp³-hybridized carbons (Fsp3) is 0.429. The van der Waals surface area contributed by atoms with Crippen LogP contribution >= 0.6 is 23.1 Å². The lowest BCUT2D eigenvalue weighted by Crippen LogP contribution is -2.19. The first kappa shape index (κ1) is 16.7. The average Bonchev–Trinajstić information content (AvgIpc) is 2.99. The number of hydrogen-bond acceptors (Lipinski definition) is 8. The Bertz CT molecular complexity index is 820. The van der Waals surface area contributed by atoms with Gasteiger partial charge in [-0.25, -0.2) is 8.42 Å². The molecule has 1 aromatic heterocycles. The number of rotatable bonds is 4. The van der Waals surface area contributed by atoms with Crippen molar-refractivity contribution >= 4 is 43.8 Å². The summed E-state index contributed by atoms with van der Waals surface area (Å²) in [5.74, 6) is -0.185. The number of aliphatic hydroxyl groups excluding tert-OH is 1. The highest BCUT2D eigenvalue weighted by atomic mass is 32.2. The van der Waals surface area contributed by atoms with Crippen LogP contribution in [0.15, 0.2) is 22.5 Å². The normalized spacial score (nSPS) is 23.1. The molecule has 1 aliphatic rings. The predicted octanol–water partition coefficient (Wildman–Crippen LogP) is 2.15. The molecule has 3 rings (SSSR count). The third-order valence-corrected chi connectivity index (χ3v) is 7.94. The Labute approximate surface area is 143 Å². The quantitative estimate of drug-likeness (QED) is 0.851. The summed E-state index contributed by atoms with van der Waals surface area (Å²) < 4.78 is 23.7. The molecule has 0 bridgehead atoms. The third-order valence-electron chi connectivity index (χ3n) is 3.78. The van der Waals surface area contributed by atoms with Crippen LogP contribution in [0.25, 0.3) is 0 Å². The van der Waals surface area contributed by atoms with Crippen molar-refractivity contribution in [3.63, 3.8) is 0 Å². The average molecular weight is 372 g/mol. The van der Waals surface area contributed by atoms with Crippen molar-refractivity contribution in [3.05, 3.63) is 29.3 Å². The van der Waals surface area contributed by atoms with Gasteiger partial charge in [0.1, 0.15) is 0 Å². The van der Waals surface area contributed by atoms with Crippen LogP contribution < -0.4 is 5.32 Å². The van der Waals surface area contributed by atoms with Gasteiger partial charge >= 0.3 is 0 Å². The Morgan fingerprint density at radius 2 is 2.09 bits per heavy atom. The molecule has 2 aromatic rings. The SMILES string of the molecule is Cc1cccc(Nc2nnc(S[C@@H]3CS(=O)(=O)C[C@@H]3O)s2)c1C. The van der Waals surface area contributed by atoms with Crippen LogP contribution in [0.5, 0.6) is 0 Å². The van der Waals surface area contributed by atoms with Gasteiger partial charge in [-0.1, -0.05) is 35.2 Å². The maximum absolute atomic E-state index is 11.5. The topological polar surface area (TPSA) is 92.2 Å². The third kappa shape index (κ3) is 3.85. The lowest BCUT2D eigenvalue weighted by atomic mass is 10.1. The van der Waals surface area contributed by atoms with Gasteiger partial charge in [0.2, 0.25) is 5.13 Å². The van der Waals surface area contributed by atoms with Crippen LogP contribution in [0, 0.1) is 13.8 Å². The van der Waals surface area contributed by atoms with Gasteiger partial charge < -0.3 is 10.4 Å². The van der Waals surface area contributed by atoms with Crippen LogP contribution in [0.2, 0.25) is 0 Å². The summed E-state index contributed by atoms with van der Waals surface area (Å²) in [7, 11) is -3.15. The number of sulfone groups is 1. The molecule has 1 fully saturated rings. The van der Waals surface area contributed by atoms with Crippen LogP contribution in [0.3, 0.4) is 0 Å². The molecule has 1 saturated heterocycles. The van der Waals surface area contributed by atoms with Crippen molar-refractivity contribution in [2.24, 2.45) is 0 Å². The minimum atomic E-state index is -3.15. The molecule has 0 aliphatic carbocycles. The van der Waals surface area contributed by atoms with Crippen molar-refractivity contribution in [2.45, 2.75) is 29.5 Å². The number of aryl methyl sites for hydroxylation is 1. The highest BCUT2D eigenvalue weighted by Gasteiger charge is 2.37. The Kier molecular flexibility index (Phi) is 4.63. The first-order chi connectivity index (χ1) is 10.8. The second-order valence-corrected chi connectivity index (χ2v) is 10.2. The van der Waals surface area contributed by atoms with E-state index in [1.165, 1.54) is 28.7 Å². The molecule has 1 aliphatic heterocycles. The first-order valence-corrected chi connectivity index (χ1v) is 10.6. The zero-order valence-electron chi connectivity index (χ0n) is 12.7. The molecule has 124 valence electrons. The number of nitrogens with zero attached hydrogens (tertiary/aromatic N) is 2. The van der Waals surface area contributed by atoms with Crippen LogP contribution in [-0.2, 0) is 9.84 Å². The zero-order chi connectivity index (χ0) is 16.6. The van der Waals surface area contributed by atoms with E-state index in [1.54, 1.807) is 0 Å². The van der Waals surface area contributed by atoms with Gasteiger partial charge in [0.15, 0.2) is 14.2 Å². The summed E-state index contributed by atoms with van der Waals surface area (Å²) in [4.78, 5) is 0. The summed E-state index contributed by atoms with van der Waals surface area (Å²) in [6, 6.07) is 5.99. The maximum Gasteiger partial charge on any atom is 0.210 e. The molecular formula is C14H17N3O3S3. The molecule has 0 saturated carbocycles. The van der Waals surface area contributed by atoms with Crippen molar-refractivity contribution in [1.82, 2.24) is 10.2 Å². The van der Waals surface area contributed by atoms with E-state index in [0.29, 0.717) is 9.47 Å². The summed E-state index contributed by atoms with van der Waals surface area (Å²) in [5, 5.41) is 21.5. The Balaban J connectivity index is 1.70. The van der Waals surface area contributed by atoms with E-state index in [9.17, 15) is 13.5 Å². The van der Waals surface area contributed by atoms with Crippen molar-refractivity contribution in [2.75, 3.05) is 16.8 Å². The molecule has 0 spiro atoms. The van der Waals surface area contributed by atoms with E-state index in [0.717, 1.165) is 11.3 Å². The molecule has 9 heteroatoms. The van der Waals surface area contributed by atoms with Gasteiger partial charge in [0.05, 0.1) is 22.9 Å². The summed E-state index contributed by atoms with van der Waals surface area (Å²) in [6.45, 7) is 4.08. The molecule has 1 aromatic carbocycles. The summed E-state index contributed by atoms with van der Waals surface area (Å²) in [6.07, 6.45) is -0.843. The summed E-state index contributed by atoms with van der Waals surface area (Å²) >= 11 is 2.63. The number of benzene rings is 1. The fourth-order valence-electron chi connectivity index (χ4n) is 2.35. The number of nitrogens with one attached hydrogen (secondary N) is 1. The van der Waals surface area contributed by atoms with Crippen LogP contribution in [-0.4, -0.2) is 46.6 Å². The van der Waals surface area contributed by atoms with Crippen molar-refractivity contribution in [3.8, 4) is 0 Å². The van der Waals surface area contributed by atoms with Gasteiger partial charge in [0.25, 0.3) is 0 Å². The molecule has 0 radical (unpaired) electrons. The van der Waals surface area contributed by atoms with Crippen molar-refractivity contribution < 1.29 is 13.5 Å². The van der Waals surface area contributed by atoms with Crippen LogP contribution in [0.1, 0.15) is 11.1 Å². The Hall–Kier alpha value is -1.16. The van der Waals surface area contributed by atoms with E-state index in [4.69, 9.17) is 0 Å². The first-order valence-electron chi connectivity index (χ1n) is 7.06. The van der Waals surface area contributed by atoms with E-state index in [2.05, 4.69) is 15.5 Å². The van der Waals surface area contributed by atoms with E-state index < -0.39 is 15.9 Å². The van der Waals surface area contributed by atoms with Gasteiger partial charge in [-0.15, -0.1) is 10.2 Å². The van der Waals surface area contributed by atoms with Crippen LogP contribution in [0.4, 0.5) is 10.8 Å². The number of aromatic nitrogens is 2. The molecule has 23 heavy (non-hydrogen) atoms. The molecule has 0 amide bonds. The van der Waals surface area contributed by atoms with Crippen molar-refractivity contribution in [1.29, 1.82) is 0 Å². The molecule has 2 N–H and O–H groups in total. The number of aliphatic hydroxyl groups is 1. The summed E-state index contributed by atoms with van der Waals surface area (Å²) in [5.41, 5.74) is 3.31. The molecule has 0 unspecified atom stereocenters. The minimum Gasteiger partial charge on any atom is -0.391 e. The molecular weight excluding hydrogens is 354 g/mol. The largest absolute Gasteiger partial charge is 0.391 e. The predicted molar refractivity (Wildman–Crippen MR) is 93.4 cm³/mol. The van der Waals surface area contributed by atoms with Gasteiger partial charge in [-0.2, -0.15) is 0 Å². The lowest BCUT2D eigenvalue weighted by molar-refractivity contribution is 0.207. The standard InChI is InChI=1S/C14H17N3O3S3/c1-8-4-3-5-10(9(8)2)15-13-16-17-14(22-13)21-12-7-23(19,20)6-11(12)18/h3-5,11-12,18H,6-7H2,1-2H3,(H,15,16)/t11-,12+/m0/s1. The second-order valence-electron chi connectivity index (χ2n) is 5.55. The second kappa shape index (κ2) is 6.39. The number of thioether (sulfide) groups is 1. The number of anilines is 2. The Morgan fingerprint density at radius 3 is 2.78 bits per heavy atom. The van der Waals surface area contributed by atoms with E-state index in [1.807, 2.05) is 32.0 Å². The van der Waals surface area contributed by atoms with Gasteiger partial charge in [0, 0.05) is 5.69 Å². The monoisotopic (exact) mass is 371 g/mol. The van der Waals surface area contributed by atoms with E-state index >= 15 is 0 Å². The highest BCUT2D eigenvalue weighted by Crippen LogP contribution is 2.35. The molecule has 6 nitrogen and oxygen atoms in total. The highest BCUT2D eigenvalue weighted by molar-refractivity contribution is 8.03.